The van der Waals surface area contributed by atoms with Gasteiger partial charge in [-0.1, -0.05) is 0 Å². The molecule has 4 fully saturated rings. The van der Waals surface area contributed by atoms with Gasteiger partial charge >= 0.3 is 0 Å². The van der Waals surface area contributed by atoms with Crippen molar-refractivity contribution in [3.05, 3.63) is 38.0 Å². The van der Waals surface area contributed by atoms with Gasteiger partial charge in [0.25, 0.3) is 0 Å². The van der Waals surface area contributed by atoms with E-state index in [2.05, 4.69) is 29.1 Å². The summed E-state index contributed by atoms with van der Waals surface area (Å²) in [5, 5.41) is 19.7. The molecule has 1 amide bonds. The fraction of sp³-hybridized carbons (Fsp3) is 0.636. The van der Waals surface area contributed by atoms with Crippen LogP contribution in [-0.2, 0) is 11.2 Å². The van der Waals surface area contributed by atoms with E-state index >= 15 is 0 Å². The lowest BCUT2D eigenvalue weighted by atomic mass is 9.47. The average Bonchev–Trinajstić information content (AvgIpc) is 3.22. The second-order valence-electron chi connectivity index (χ2n) is 9.52. The molecule has 2 N–H and O–H groups in total. The number of amides is 1. The lowest BCUT2D eigenvalue weighted by Gasteiger charge is -2.59. The van der Waals surface area contributed by atoms with E-state index in [0.717, 1.165) is 42.8 Å². The van der Waals surface area contributed by atoms with Crippen LogP contribution >= 0.6 is 22.7 Å². The van der Waals surface area contributed by atoms with Crippen LogP contribution in [0.5, 0.6) is 0 Å². The molecule has 4 saturated carbocycles. The summed E-state index contributed by atoms with van der Waals surface area (Å²) in [7, 11) is 0. The lowest BCUT2D eigenvalue weighted by Crippen LogP contribution is -2.60. The summed E-state index contributed by atoms with van der Waals surface area (Å²) < 4.78 is 0. The molecule has 28 heavy (non-hydrogen) atoms. The van der Waals surface area contributed by atoms with Crippen LogP contribution in [0.1, 0.15) is 65.7 Å². The Balaban J connectivity index is 1.41. The second kappa shape index (κ2) is 6.64. The Morgan fingerprint density at radius 3 is 2.64 bits per heavy atom. The molecule has 0 spiro atoms. The number of rotatable bonds is 5. The van der Waals surface area contributed by atoms with Crippen molar-refractivity contribution in [1.82, 2.24) is 10.3 Å². The topological polar surface area (TPSA) is 62.2 Å². The molecule has 150 valence electrons. The minimum absolute atomic E-state index is 0.0952. The SMILES string of the molecule is Cc1nc([C@H](Cc2ccsc2)NC(=O)C23C[C@@H]4C[C@H](CC(O)(C4)C2)C3)sc1C. The Morgan fingerprint density at radius 1 is 1.32 bits per heavy atom. The Morgan fingerprint density at radius 2 is 2.07 bits per heavy atom. The van der Waals surface area contributed by atoms with Crippen LogP contribution in [0.2, 0.25) is 0 Å². The molecule has 6 rings (SSSR count). The number of nitrogens with one attached hydrogen (secondary N) is 1. The fourth-order valence-corrected chi connectivity index (χ4v) is 7.94. The van der Waals surface area contributed by atoms with Crippen LogP contribution < -0.4 is 5.32 Å². The molecule has 0 saturated heterocycles. The highest BCUT2D eigenvalue weighted by atomic mass is 32.1. The van der Waals surface area contributed by atoms with Gasteiger partial charge in [0.2, 0.25) is 5.91 Å². The summed E-state index contributed by atoms with van der Waals surface area (Å²) in [4.78, 5) is 19.6. The molecule has 2 aromatic heterocycles. The highest BCUT2D eigenvalue weighted by molar-refractivity contribution is 7.11. The molecule has 0 aliphatic heterocycles. The van der Waals surface area contributed by atoms with E-state index < -0.39 is 5.60 Å². The van der Waals surface area contributed by atoms with Crippen molar-refractivity contribution in [3.8, 4) is 0 Å². The first-order valence-corrected chi connectivity index (χ1v) is 12.1. The third-order valence-electron chi connectivity index (χ3n) is 7.18. The summed E-state index contributed by atoms with van der Waals surface area (Å²) in [5.41, 5.74) is 1.30. The number of thiophene rings is 1. The smallest absolute Gasteiger partial charge is 0.226 e. The van der Waals surface area contributed by atoms with E-state index in [0.29, 0.717) is 18.3 Å². The summed E-state index contributed by atoms with van der Waals surface area (Å²) in [6, 6.07) is 2.03. The van der Waals surface area contributed by atoms with Gasteiger partial charge in [-0.2, -0.15) is 11.3 Å². The Kier molecular flexibility index (Phi) is 4.45. The summed E-state index contributed by atoms with van der Waals surface area (Å²) in [5.74, 6) is 1.17. The van der Waals surface area contributed by atoms with Crippen LogP contribution in [-0.4, -0.2) is 21.6 Å². The van der Waals surface area contributed by atoms with Crippen LogP contribution in [0.4, 0.5) is 0 Å². The molecule has 6 heteroatoms. The summed E-state index contributed by atoms with van der Waals surface area (Å²) in [6.45, 7) is 4.13. The zero-order chi connectivity index (χ0) is 19.5. The minimum atomic E-state index is -0.612. The van der Waals surface area contributed by atoms with Gasteiger partial charge in [0.15, 0.2) is 0 Å². The molecule has 3 atom stereocenters. The number of carbonyl (C=O) groups is 1. The van der Waals surface area contributed by atoms with Gasteiger partial charge in [-0.05, 0) is 86.6 Å². The maximum atomic E-state index is 13.6. The molecular weight excluding hydrogens is 388 g/mol. The van der Waals surface area contributed by atoms with E-state index in [-0.39, 0.29) is 17.4 Å². The Hall–Kier alpha value is -1.24. The maximum Gasteiger partial charge on any atom is 0.226 e. The molecule has 4 aliphatic carbocycles. The van der Waals surface area contributed by atoms with Gasteiger partial charge in [0, 0.05) is 11.3 Å². The van der Waals surface area contributed by atoms with Crippen molar-refractivity contribution >= 4 is 28.6 Å². The van der Waals surface area contributed by atoms with Crippen LogP contribution in [0, 0.1) is 31.1 Å². The highest BCUT2D eigenvalue weighted by Gasteiger charge is 2.60. The molecule has 4 aliphatic rings. The molecule has 2 aromatic rings. The Bertz CT molecular complexity index is 855. The van der Waals surface area contributed by atoms with Gasteiger partial charge in [0.1, 0.15) is 5.01 Å². The van der Waals surface area contributed by atoms with Crippen molar-refractivity contribution in [1.29, 1.82) is 0 Å². The predicted octanol–water partition coefficient (Wildman–Crippen LogP) is 4.55. The maximum absolute atomic E-state index is 13.6. The summed E-state index contributed by atoms with van der Waals surface area (Å²) >= 11 is 3.38. The van der Waals surface area contributed by atoms with E-state index in [1.54, 1.807) is 22.7 Å². The van der Waals surface area contributed by atoms with E-state index in [4.69, 9.17) is 4.98 Å². The number of aryl methyl sites for hydroxylation is 2. The number of hydrogen-bond donors (Lipinski definition) is 2. The van der Waals surface area contributed by atoms with Gasteiger partial charge in [-0.25, -0.2) is 4.98 Å². The van der Waals surface area contributed by atoms with Crippen molar-refractivity contribution in [2.75, 3.05) is 0 Å². The molecule has 2 heterocycles. The standard InChI is InChI=1S/C22H28N2O2S2/c1-13-14(2)28-19(23-13)18(6-15-3-4-27-11-15)24-20(25)21-7-16-5-17(8-21)10-22(26,9-16)12-21/h3-4,11,16-18,26H,5-10,12H2,1-2H3,(H,24,25)/t16-,17-,18-,21?,22?/m0/s1. The number of nitrogens with zero attached hydrogens (tertiary/aromatic N) is 1. The normalized spacial score (nSPS) is 34.5. The molecule has 0 unspecified atom stereocenters. The number of carbonyl (C=O) groups excluding carboxylic acids is 1. The van der Waals surface area contributed by atoms with Gasteiger partial charge < -0.3 is 10.4 Å². The van der Waals surface area contributed by atoms with E-state index in [9.17, 15) is 9.90 Å². The van der Waals surface area contributed by atoms with Crippen LogP contribution in [0.3, 0.4) is 0 Å². The van der Waals surface area contributed by atoms with Gasteiger partial charge in [-0.15, -0.1) is 11.3 Å². The number of thiazole rings is 1. The largest absolute Gasteiger partial charge is 0.390 e. The fourth-order valence-electron chi connectivity index (χ4n) is 6.28. The lowest BCUT2D eigenvalue weighted by molar-refractivity contribution is -0.178. The third-order valence-corrected chi connectivity index (χ3v) is 9.10. The van der Waals surface area contributed by atoms with Crippen molar-refractivity contribution in [2.24, 2.45) is 17.3 Å². The number of aliphatic hydroxyl groups is 1. The first-order chi connectivity index (χ1) is 13.3. The average molecular weight is 417 g/mol. The van der Waals surface area contributed by atoms with E-state index in [1.807, 2.05) is 6.92 Å². The first kappa shape index (κ1) is 18.8. The quantitative estimate of drug-likeness (QED) is 0.751. The first-order valence-electron chi connectivity index (χ1n) is 10.3. The Labute approximate surface area is 174 Å². The minimum Gasteiger partial charge on any atom is -0.390 e. The zero-order valence-electron chi connectivity index (χ0n) is 16.5. The number of aromatic nitrogens is 1. The molecule has 4 bridgehead atoms. The van der Waals surface area contributed by atoms with E-state index in [1.165, 1.54) is 16.9 Å². The van der Waals surface area contributed by atoms with Crippen LogP contribution in [0.15, 0.2) is 16.8 Å². The molecule has 0 aromatic carbocycles. The van der Waals surface area contributed by atoms with Crippen molar-refractivity contribution in [2.45, 2.75) is 70.4 Å². The highest BCUT2D eigenvalue weighted by Crippen LogP contribution is 2.61. The molecule has 4 nitrogen and oxygen atoms in total. The zero-order valence-corrected chi connectivity index (χ0v) is 18.2. The molecule has 0 radical (unpaired) electrons. The monoisotopic (exact) mass is 416 g/mol. The summed E-state index contributed by atoms with van der Waals surface area (Å²) in [6.07, 6.45) is 6.27. The van der Waals surface area contributed by atoms with Crippen LogP contribution in [0.25, 0.3) is 0 Å². The van der Waals surface area contributed by atoms with Gasteiger partial charge in [-0.3, -0.25) is 4.79 Å². The number of hydrogen-bond acceptors (Lipinski definition) is 5. The van der Waals surface area contributed by atoms with Crippen molar-refractivity contribution < 1.29 is 9.90 Å². The second-order valence-corrected chi connectivity index (χ2v) is 11.5. The third kappa shape index (κ3) is 3.23. The predicted molar refractivity (Wildman–Crippen MR) is 113 cm³/mol. The van der Waals surface area contributed by atoms with Gasteiger partial charge in [0.05, 0.1) is 22.8 Å². The van der Waals surface area contributed by atoms with Crippen molar-refractivity contribution in [3.63, 3.8) is 0 Å². The molecular formula is C22H28N2O2S2.